The topological polar surface area (TPSA) is 12.0 Å². The molecular formula is C16H17NS. The molecule has 92 valence electrons. The van der Waals surface area contributed by atoms with E-state index in [1.165, 1.54) is 11.1 Å². The molecule has 1 nitrogen and oxygen atoms in total. The molecule has 0 unspecified atom stereocenters. The molecule has 0 bridgehead atoms. The minimum Gasteiger partial charge on any atom is -0.375 e. The van der Waals surface area contributed by atoms with Gasteiger partial charge in [-0.15, -0.1) is 0 Å². The lowest BCUT2D eigenvalue weighted by atomic mass is 10.1. The fraction of sp³-hybridized carbons (Fsp3) is 0.188. The van der Waals surface area contributed by atoms with Gasteiger partial charge >= 0.3 is 0 Å². The first-order chi connectivity index (χ1) is 8.75. The van der Waals surface area contributed by atoms with Gasteiger partial charge in [0.2, 0.25) is 0 Å². The van der Waals surface area contributed by atoms with Crippen molar-refractivity contribution in [3.63, 3.8) is 0 Å². The van der Waals surface area contributed by atoms with Gasteiger partial charge in [-0.25, -0.2) is 0 Å². The van der Waals surface area contributed by atoms with Gasteiger partial charge < -0.3 is 5.32 Å². The molecule has 0 amide bonds. The molecule has 0 spiro atoms. The van der Waals surface area contributed by atoms with Crippen LogP contribution in [-0.2, 0) is 6.42 Å². The molecule has 0 aliphatic rings. The molecule has 2 rings (SSSR count). The molecule has 0 aliphatic heterocycles. The molecule has 2 aromatic rings. The fourth-order valence-electron chi connectivity index (χ4n) is 1.77. The highest BCUT2D eigenvalue weighted by Gasteiger charge is 1.99. The summed E-state index contributed by atoms with van der Waals surface area (Å²) >= 11 is 5.37. The zero-order valence-corrected chi connectivity index (χ0v) is 11.3. The molecule has 0 heterocycles. The summed E-state index contributed by atoms with van der Waals surface area (Å²) in [7, 11) is 0. The highest BCUT2D eigenvalue weighted by molar-refractivity contribution is 7.80. The fourth-order valence-corrected chi connectivity index (χ4v) is 2.01. The van der Waals surface area contributed by atoms with Crippen LogP contribution in [0.15, 0.2) is 54.6 Å². The second kappa shape index (κ2) is 6.31. The lowest BCUT2D eigenvalue weighted by Gasteiger charge is -2.08. The summed E-state index contributed by atoms with van der Waals surface area (Å²) in [5.74, 6) is 0. The van der Waals surface area contributed by atoms with Crippen LogP contribution in [0.25, 0.3) is 0 Å². The monoisotopic (exact) mass is 255 g/mol. The Bertz CT molecular complexity index is 502. The summed E-state index contributed by atoms with van der Waals surface area (Å²) < 4.78 is 0. The molecule has 2 aromatic carbocycles. The van der Waals surface area contributed by atoms with Crippen LogP contribution in [0.4, 0.5) is 0 Å². The summed E-state index contributed by atoms with van der Waals surface area (Å²) in [5.41, 5.74) is 3.67. The van der Waals surface area contributed by atoms with E-state index in [0.717, 1.165) is 23.5 Å². The van der Waals surface area contributed by atoms with Gasteiger partial charge in [0.05, 0.1) is 0 Å². The first-order valence-electron chi connectivity index (χ1n) is 6.14. The molecule has 18 heavy (non-hydrogen) atoms. The van der Waals surface area contributed by atoms with E-state index in [2.05, 4.69) is 60.8 Å². The van der Waals surface area contributed by atoms with Gasteiger partial charge in [-0.05, 0) is 18.9 Å². The molecule has 0 fully saturated rings. The predicted octanol–water partition coefficient (Wildman–Crippen LogP) is 3.50. The highest BCUT2D eigenvalue weighted by Crippen LogP contribution is 2.04. The largest absolute Gasteiger partial charge is 0.375 e. The third kappa shape index (κ3) is 3.67. The maximum atomic E-state index is 5.37. The lowest BCUT2D eigenvalue weighted by molar-refractivity contribution is 0.875. The maximum Gasteiger partial charge on any atom is 0.106 e. The summed E-state index contributed by atoms with van der Waals surface area (Å²) in [6.07, 6.45) is 0.993. The molecule has 1 N–H and O–H groups in total. The minimum atomic E-state index is 0.825. The standard InChI is InChI=1S/C16H17NS/c1-13-7-9-15(10-8-13)16(18)17-12-11-14-5-3-2-4-6-14/h2-10H,11-12H2,1H3,(H,17,18). The van der Waals surface area contributed by atoms with E-state index in [9.17, 15) is 0 Å². The van der Waals surface area contributed by atoms with Gasteiger partial charge in [0.1, 0.15) is 4.99 Å². The Kier molecular flexibility index (Phi) is 4.48. The van der Waals surface area contributed by atoms with E-state index in [-0.39, 0.29) is 0 Å². The number of benzene rings is 2. The number of rotatable bonds is 4. The summed E-state index contributed by atoms with van der Waals surface area (Å²) in [6.45, 7) is 2.95. The van der Waals surface area contributed by atoms with Crippen molar-refractivity contribution < 1.29 is 0 Å². The number of hydrogen-bond donors (Lipinski definition) is 1. The van der Waals surface area contributed by atoms with Crippen molar-refractivity contribution in [1.82, 2.24) is 5.32 Å². The van der Waals surface area contributed by atoms with Crippen molar-refractivity contribution in [2.45, 2.75) is 13.3 Å². The number of aryl methyl sites for hydroxylation is 1. The van der Waals surface area contributed by atoms with E-state index in [0.29, 0.717) is 0 Å². The Morgan fingerprint density at radius 1 is 1.00 bits per heavy atom. The van der Waals surface area contributed by atoms with Crippen LogP contribution in [0.3, 0.4) is 0 Å². The first-order valence-corrected chi connectivity index (χ1v) is 6.55. The van der Waals surface area contributed by atoms with Crippen LogP contribution < -0.4 is 5.32 Å². The van der Waals surface area contributed by atoms with Gasteiger partial charge in [-0.2, -0.15) is 0 Å². The Labute approximate surface area is 114 Å². The number of nitrogens with one attached hydrogen (secondary N) is 1. The summed E-state index contributed by atoms with van der Waals surface area (Å²) in [5, 5.41) is 3.30. The quantitative estimate of drug-likeness (QED) is 0.839. The molecule has 2 heteroatoms. The highest BCUT2D eigenvalue weighted by atomic mass is 32.1. The number of hydrogen-bond acceptors (Lipinski definition) is 1. The molecular weight excluding hydrogens is 238 g/mol. The van der Waals surface area contributed by atoms with Crippen LogP contribution in [0, 0.1) is 6.92 Å². The lowest BCUT2D eigenvalue weighted by Crippen LogP contribution is -2.24. The maximum absolute atomic E-state index is 5.37. The third-order valence-corrected chi connectivity index (χ3v) is 3.24. The Morgan fingerprint density at radius 3 is 2.33 bits per heavy atom. The molecule has 0 aliphatic carbocycles. The van der Waals surface area contributed by atoms with Crippen molar-refractivity contribution >= 4 is 17.2 Å². The van der Waals surface area contributed by atoms with Crippen LogP contribution in [0.2, 0.25) is 0 Å². The van der Waals surface area contributed by atoms with E-state index in [4.69, 9.17) is 12.2 Å². The van der Waals surface area contributed by atoms with Gasteiger partial charge in [-0.3, -0.25) is 0 Å². The van der Waals surface area contributed by atoms with E-state index in [1.807, 2.05) is 6.07 Å². The average molecular weight is 255 g/mol. The van der Waals surface area contributed by atoms with Crippen LogP contribution in [0.1, 0.15) is 16.7 Å². The Balaban J connectivity index is 1.84. The summed E-state index contributed by atoms with van der Waals surface area (Å²) in [4.78, 5) is 0.825. The zero-order chi connectivity index (χ0) is 12.8. The normalized spacial score (nSPS) is 10.1. The third-order valence-electron chi connectivity index (χ3n) is 2.86. The van der Waals surface area contributed by atoms with Crippen molar-refractivity contribution in [3.8, 4) is 0 Å². The molecule has 0 radical (unpaired) electrons. The SMILES string of the molecule is Cc1ccc(C(=S)NCCc2ccccc2)cc1. The van der Waals surface area contributed by atoms with E-state index in [1.54, 1.807) is 0 Å². The van der Waals surface area contributed by atoms with Crippen LogP contribution in [-0.4, -0.2) is 11.5 Å². The first kappa shape index (κ1) is 12.8. The van der Waals surface area contributed by atoms with Gasteiger partial charge in [0.25, 0.3) is 0 Å². The molecule has 0 saturated carbocycles. The van der Waals surface area contributed by atoms with E-state index >= 15 is 0 Å². The predicted molar refractivity (Wildman–Crippen MR) is 81.0 cm³/mol. The Hall–Kier alpha value is -1.67. The smallest absolute Gasteiger partial charge is 0.106 e. The molecule has 0 aromatic heterocycles. The minimum absolute atomic E-state index is 0.825. The van der Waals surface area contributed by atoms with E-state index < -0.39 is 0 Å². The zero-order valence-electron chi connectivity index (χ0n) is 10.5. The van der Waals surface area contributed by atoms with Gasteiger partial charge in [0.15, 0.2) is 0 Å². The number of thiocarbonyl (C=S) groups is 1. The molecule has 0 saturated heterocycles. The molecule has 0 atom stereocenters. The van der Waals surface area contributed by atoms with Gasteiger partial charge in [0, 0.05) is 12.1 Å². The summed E-state index contributed by atoms with van der Waals surface area (Å²) in [6, 6.07) is 18.7. The Morgan fingerprint density at radius 2 is 1.67 bits per heavy atom. The van der Waals surface area contributed by atoms with Crippen molar-refractivity contribution in [1.29, 1.82) is 0 Å². The van der Waals surface area contributed by atoms with Crippen molar-refractivity contribution in [2.75, 3.05) is 6.54 Å². The van der Waals surface area contributed by atoms with Crippen LogP contribution in [0.5, 0.6) is 0 Å². The van der Waals surface area contributed by atoms with Gasteiger partial charge in [-0.1, -0.05) is 72.4 Å². The van der Waals surface area contributed by atoms with Crippen LogP contribution >= 0.6 is 12.2 Å². The second-order valence-electron chi connectivity index (χ2n) is 4.36. The second-order valence-corrected chi connectivity index (χ2v) is 4.77. The van der Waals surface area contributed by atoms with Crippen molar-refractivity contribution in [2.24, 2.45) is 0 Å². The average Bonchev–Trinajstić information content (AvgIpc) is 2.40. The van der Waals surface area contributed by atoms with Crippen molar-refractivity contribution in [3.05, 3.63) is 71.3 Å².